The lowest BCUT2D eigenvalue weighted by atomic mass is 10.0. The van der Waals surface area contributed by atoms with Gasteiger partial charge in [-0.25, -0.2) is 0 Å². The van der Waals surface area contributed by atoms with Gasteiger partial charge in [0.1, 0.15) is 6.04 Å². The molecule has 0 bridgehead atoms. The van der Waals surface area contributed by atoms with E-state index in [1.54, 1.807) is 0 Å². The highest BCUT2D eigenvalue weighted by atomic mass is 32.1. The van der Waals surface area contributed by atoms with Crippen LogP contribution in [0.2, 0.25) is 0 Å². The van der Waals surface area contributed by atoms with Crippen LogP contribution in [0.1, 0.15) is 22.0 Å². The Morgan fingerprint density at radius 3 is 2.48 bits per heavy atom. The zero-order valence-electron chi connectivity index (χ0n) is 13.9. The first-order valence-corrected chi connectivity index (χ1v) is 9.39. The van der Waals surface area contributed by atoms with Crippen LogP contribution in [0.5, 0.6) is 0 Å². The number of carbonyl (C=O) groups excluding carboxylic acids is 1. The third-order valence-corrected chi connectivity index (χ3v) is 5.63. The van der Waals surface area contributed by atoms with Gasteiger partial charge in [-0.1, -0.05) is 48.5 Å². The van der Waals surface area contributed by atoms with E-state index in [1.165, 1.54) is 10.4 Å². The van der Waals surface area contributed by atoms with Crippen molar-refractivity contribution in [2.24, 2.45) is 0 Å². The van der Waals surface area contributed by atoms with Gasteiger partial charge in [0.15, 0.2) is 0 Å². The molecule has 0 unspecified atom stereocenters. The predicted octanol–water partition coefficient (Wildman–Crippen LogP) is 4.49. The minimum atomic E-state index is -0.283. The second-order valence-electron chi connectivity index (χ2n) is 6.26. The van der Waals surface area contributed by atoms with Crippen molar-refractivity contribution in [2.75, 3.05) is 11.9 Å². The lowest BCUT2D eigenvalue weighted by molar-refractivity contribution is -0.121. The van der Waals surface area contributed by atoms with Gasteiger partial charge in [-0.2, -0.15) is 0 Å². The Morgan fingerprint density at radius 2 is 1.72 bits per heavy atom. The number of thiophene rings is 1. The molecular weight excluding hydrogens is 328 g/mol. The number of fused-ring (bicyclic) bond motifs is 1. The molecule has 1 atom stereocenters. The maximum Gasteiger partial charge on any atom is 0.246 e. The maximum absolute atomic E-state index is 13.1. The fourth-order valence-corrected chi connectivity index (χ4v) is 4.28. The molecule has 25 heavy (non-hydrogen) atoms. The van der Waals surface area contributed by atoms with Gasteiger partial charge >= 0.3 is 0 Å². The molecular formula is C21H20N2OS. The summed E-state index contributed by atoms with van der Waals surface area (Å²) in [6, 6.07) is 21.6. The number of amides is 1. The summed E-state index contributed by atoms with van der Waals surface area (Å²) in [6.45, 7) is 1.72. The van der Waals surface area contributed by atoms with E-state index >= 15 is 0 Å². The lowest BCUT2D eigenvalue weighted by Crippen LogP contribution is -2.40. The summed E-state index contributed by atoms with van der Waals surface area (Å²) in [5.74, 6) is 0.0241. The van der Waals surface area contributed by atoms with Crippen molar-refractivity contribution in [1.82, 2.24) is 4.90 Å². The summed E-state index contributed by atoms with van der Waals surface area (Å²) in [5, 5.41) is 5.23. The van der Waals surface area contributed by atoms with Crippen molar-refractivity contribution in [1.29, 1.82) is 0 Å². The number of hydrogen-bond donors (Lipinski definition) is 1. The Labute approximate surface area is 151 Å². The van der Waals surface area contributed by atoms with Crippen LogP contribution in [-0.2, 0) is 17.8 Å². The fraction of sp³-hybridized carbons (Fsp3) is 0.190. The van der Waals surface area contributed by atoms with Crippen molar-refractivity contribution >= 4 is 22.9 Å². The monoisotopic (exact) mass is 348 g/mol. The number of nitrogens with one attached hydrogen (secondary N) is 1. The molecule has 1 amide bonds. The minimum Gasteiger partial charge on any atom is -0.324 e. The molecule has 0 saturated heterocycles. The number of nitrogens with zero attached hydrogens (tertiary/aromatic N) is 1. The second kappa shape index (κ2) is 7.21. The van der Waals surface area contributed by atoms with Crippen LogP contribution < -0.4 is 5.32 Å². The van der Waals surface area contributed by atoms with Gasteiger partial charge in [-0.05, 0) is 41.1 Å². The Bertz CT molecular complexity index is 845. The maximum atomic E-state index is 13.1. The molecule has 4 heteroatoms. The van der Waals surface area contributed by atoms with Gasteiger partial charge < -0.3 is 5.32 Å². The largest absolute Gasteiger partial charge is 0.324 e. The summed E-state index contributed by atoms with van der Waals surface area (Å²) >= 11 is 1.82. The van der Waals surface area contributed by atoms with Gasteiger partial charge in [-0.15, -0.1) is 11.3 Å². The third-order valence-electron chi connectivity index (χ3n) is 4.61. The van der Waals surface area contributed by atoms with Crippen molar-refractivity contribution in [2.45, 2.75) is 19.0 Å². The molecule has 1 aliphatic heterocycles. The smallest absolute Gasteiger partial charge is 0.246 e. The zero-order chi connectivity index (χ0) is 17.1. The van der Waals surface area contributed by atoms with E-state index in [2.05, 4.69) is 21.7 Å². The number of anilines is 1. The summed E-state index contributed by atoms with van der Waals surface area (Å²) in [4.78, 5) is 16.8. The summed E-state index contributed by atoms with van der Waals surface area (Å²) in [5.41, 5.74) is 3.22. The first-order chi connectivity index (χ1) is 12.3. The van der Waals surface area contributed by atoms with E-state index in [1.807, 2.05) is 72.0 Å². The van der Waals surface area contributed by atoms with Crippen LogP contribution in [-0.4, -0.2) is 17.4 Å². The van der Waals surface area contributed by atoms with Crippen LogP contribution in [0.4, 0.5) is 5.69 Å². The minimum absolute atomic E-state index is 0.0241. The molecule has 0 saturated carbocycles. The Balaban J connectivity index is 1.62. The molecule has 0 radical (unpaired) electrons. The summed E-state index contributed by atoms with van der Waals surface area (Å²) < 4.78 is 0. The first-order valence-electron chi connectivity index (χ1n) is 8.51. The topological polar surface area (TPSA) is 32.3 Å². The van der Waals surface area contributed by atoms with E-state index in [0.717, 1.165) is 30.8 Å². The Hall–Kier alpha value is -2.43. The van der Waals surface area contributed by atoms with Crippen molar-refractivity contribution < 1.29 is 4.79 Å². The summed E-state index contributed by atoms with van der Waals surface area (Å²) in [6.07, 6.45) is 1.01. The van der Waals surface area contributed by atoms with Crippen LogP contribution in [0.15, 0.2) is 72.1 Å². The number of rotatable bonds is 4. The van der Waals surface area contributed by atoms with Crippen molar-refractivity contribution in [3.63, 3.8) is 0 Å². The molecule has 3 aromatic rings. The average molecular weight is 348 g/mol. The molecule has 0 spiro atoms. The molecule has 4 rings (SSSR count). The summed E-state index contributed by atoms with van der Waals surface area (Å²) in [7, 11) is 0. The standard InChI is InChI=1S/C21H20N2OS/c24-21(22-18-9-5-2-6-10-18)20(16-7-3-1-4-8-16)23-13-11-19-17(15-23)12-14-25-19/h1-10,12,14,20H,11,13,15H2,(H,22,24)/t20-/m1/s1. The second-order valence-corrected chi connectivity index (χ2v) is 7.26. The molecule has 3 nitrogen and oxygen atoms in total. The van der Waals surface area contributed by atoms with E-state index < -0.39 is 0 Å². The van der Waals surface area contributed by atoms with Crippen molar-refractivity contribution in [3.05, 3.63) is 88.1 Å². The molecule has 2 heterocycles. The number of carbonyl (C=O) groups is 1. The zero-order valence-corrected chi connectivity index (χ0v) is 14.7. The molecule has 1 N–H and O–H groups in total. The highest BCUT2D eigenvalue weighted by Crippen LogP contribution is 2.31. The molecule has 0 aliphatic carbocycles. The highest BCUT2D eigenvalue weighted by molar-refractivity contribution is 7.10. The average Bonchev–Trinajstić information content (AvgIpc) is 3.11. The Kier molecular flexibility index (Phi) is 4.63. The highest BCUT2D eigenvalue weighted by Gasteiger charge is 2.30. The first kappa shape index (κ1) is 16.1. The number of hydrogen-bond acceptors (Lipinski definition) is 3. The van der Waals surface area contributed by atoms with Crippen LogP contribution in [0.25, 0.3) is 0 Å². The van der Waals surface area contributed by atoms with E-state index in [0.29, 0.717) is 0 Å². The van der Waals surface area contributed by atoms with Crippen LogP contribution >= 0.6 is 11.3 Å². The SMILES string of the molecule is O=C(Nc1ccccc1)[C@@H](c1ccccc1)N1CCc2sccc2C1. The van der Waals surface area contributed by atoms with Gasteiger partial charge in [-0.3, -0.25) is 9.69 Å². The normalized spacial score (nSPS) is 15.4. The number of benzene rings is 2. The lowest BCUT2D eigenvalue weighted by Gasteiger charge is -2.34. The van der Waals surface area contributed by atoms with Crippen LogP contribution in [0, 0.1) is 0 Å². The predicted molar refractivity (Wildman–Crippen MR) is 103 cm³/mol. The van der Waals surface area contributed by atoms with Crippen LogP contribution in [0.3, 0.4) is 0 Å². The van der Waals surface area contributed by atoms with Crippen molar-refractivity contribution in [3.8, 4) is 0 Å². The van der Waals surface area contributed by atoms with E-state index in [9.17, 15) is 4.79 Å². The van der Waals surface area contributed by atoms with Gasteiger partial charge in [0.25, 0.3) is 0 Å². The Morgan fingerprint density at radius 1 is 1.00 bits per heavy atom. The van der Waals surface area contributed by atoms with Gasteiger partial charge in [0.05, 0.1) is 0 Å². The fourth-order valence-electron chi connectivity index (χ4n) is 3.39. The number of para-hydroxylation sites is 1. The molecule has 1 aromatic heterocycles. The molecule has 2 aromatic carbocycles. The molecule has 0 fully saturated rings. The van der Waals surface area contributed by atoms with E-state index in [4.69, 9.17) is 0 Å². The van der Waals surface area contributed by atoms with Gasteiger partial charge in [0.2, 0.25) is 5.91 Å². The van der Waals surface area contributed by atoms with E-state index in [-0.39, 0.29) is 11.9 Å². The molecule has 126 valence electrons. The third kappa shape index (κ3) is 3.50. The molecule has 1 aliphatic rings. The quantitative estimate of drug-likeness (QED) is 0.754. The van der Waals surface area contributed by atoms with Gasteiger partial charge in [0, 0.05) is 23.7 Å².